The molecule has 1 saturated carbocycles. The highest BCUT2D eigenvalue weighted by molar-refractivity contribution is 5.82. The third-order valence-corrected chi connectivity index (χ3v) is 7.94. The number of aliphatic hydroxyl groups is 1. The van der Waals surface area contributed by atoms with Gasteiger partial charge in [-0.05, 0) is 84.1 Å². The maximum Gasteiger partial charge on any atom is 0.252 e. The lowest BCUT2D eigenvalue weighted by atomic mass is 9.82. The molecule has 4 N–H and O–H groups in total. The van der Waals surface area contributed by atoms with Crippen LogP contribution in [0.25, 0.3) is 16.6 Å². The third-order valence-electron chi connectivity index (χ3n) is 7.94. The summed E-state index contributed by atoms with van der Waals surface area (Å²) in [5.74, 6) is 0. The predicted octanol–water partition coefficient (Wildman–Crippen LogP) is 4.96. The zero-order valence-electron chi connectivity index (χ0n) is 23.6. The van der Waals surface area contributed by atoms with Crippen LogP contribution in [0.3, 0.4) is 0 Å². The van der Waals surface area contributed by atoms with Crippen LogP contribution in [0.5, 0.6) is 0 Å². The van der Waals surface area contributed by atoms with E-state index in [0.717, 1.165) is 58.4 Å². The summed E-state index contributed by atoms with van der Waals surface area (Å²) >= 11 is 0. The summed E-state index contributed by atoms with van der Waals surface area (Å²) < 4.78 is 2.08. The number of fused-ring (bicyclic) bond motifs is 1. The van der Waals surface area contributed by atoms with Gasteiger partial charge in [0.25, 0.3) is 5.56 Å². The van der Waals surface area contributed by atoms with Gasteiger partial charge in [-0.1, -0.05) is 25.3 Å². The van der Waals surface area contributed by atoms with Gasteiger partial charge in [-0.3, -0.25) is 10.1 Å². The van der Waals surface area contributed by atoms with Gasteiger partial charge in [-0.15, -0.1) is 0 Å². The lowest BCUT2D eigenvalue weighted by Crippen LogP contribution is -2.53. The number of aryl methyl sites for hydroxylation is 2. The van der Waals surface area contributed by atoms with E-state index in [-0.39, 0.29) is 23.2 Å². The fourth-order valence-corrected chi connectivity index (χ4v) is 6.52. The monoisotopic (exact) mass is 518 g/mol. The standard InChI is InChI=1S/C30H42N6O2/c1-18-12-19(2)33-28(38)23(18)16-31-27(37)22-13-25(20-14-29(3,4)35-30(5,6)15-20)34-26-24(22)17-32-36(26)21-10-8-7-9-11-21/h12-14,17,21,27,31,35,37H,7-11,15-16H2,1-6H3,(H,33,38). The largest absolute Gasteiger partial charge is 0.374 e. The molecule has 1 aliphatic heterocycles. The van der Waals surface area contributed by atoms with Crippen molar-refractivity contribution >= 4 is 16.6 Å². The second-order valence-corrected chi connectivity index (χ2v) is 12.5. The quantitative estimate of drug-likeness (QED) is 0.344. The maximum atomic E-state index is 12.6. The highest BCUT2D eigenvalue weighted by Crippen LogP contribution is 2.37. The molecule has 204 valence electrons. The molecule has 8 nitrogen and oxygen atoms in total. The van der Waals surface area contributed by atoms with Gasteiger partial charge in [-0.25, -0.2) is 9.67 Å². The van der Waals surface area contributed by atoms with Crippen molar-refractivity contribution in [1.82, 2.24) is 30.4 Å². The Morgan fingerprint density at radius 3 is 2.58 bits per heavy atom. The van der Waals surface area contributed by atoms with Gasteiger partial charge in [0.2, 0.25) is 0 Å². The van der Waals surface area contributed by atoms with Crippen molar-refractivity contribution in [2.24, 2.45) is 0 Å². The average molecular weight is 519 g/mol. The molecule has 5 rings (SSSR count). The van der Waals surface area contributed by atoms with Crippen molar-refractivity contribution in [2.75, 3.05) is 0 Å². The molecule has 1 aliphatic carbocycles. The SMILES string of the molecule is Cc1cc(C)c(CNC(O)c2cc(C3=CC(C)(C)NC(C)(C)C3)nc3c2cnn3C2CCCCC2)c(=O)[nH]1. The molecule has 1 atom stereocenters. The topological polar surface area (TPSA) is 108 Å². The fourth-order valence-electron chi connectivity index (χ4n) is 6.52. The molecule has 0 saturated heterocycles. The lowest BCUT2D eigenvalue weighted by Gasteiger charge is -2.41. The fraction of sp³-hybridized carbons (Fsp3) is 0.567. The lowest BCUT2D eigenvalue weighted by molar-refractivity contribution is 0.138. The minimum Gasteiger partial charge on any atom is -0.374 e. The van der Waals surface area contributed by atoms with Crippen LogP contribution in [-0.4, -0.2) is 35.9 Å². The van der Waals surface area contributed by atoms with E-state index in [9.17, 15) is 9.90 Å². The minimum absolute atomic E-state index is 0.0884. The van der Waals surface area contributed by atoms with Gasteiger partial charge in [0.15, 0.2) is 5.65 Å². The van der Waals surface area contributed by atoms with Crippen molar-refractivity contribution in [1.29, 1.82) is 0 Å². The summed E-state index contributed by atoms with van der Waals surface area (Å²) in [6.45, 7) is 12.8. The van der Waals surface area contributed by atoms with Gasteiger partial charge >= 0.3 is 0 Å². The number of nitrogens with zero attached hydrogens (tertiary/aromatic N) is 3. The van der Waals surface area contributed by atoms with E-state index in [1.807, 2.05) is 32.2 Å². The van der Waals surface area contributed by atoms with E-state index in [0.29, 0.717) is 11.6 Å². The van der Waals surface area contributed by atoms with Crippen LogP contribution < -0.4 is 16.2 Å². The van der Waals surface area contributed by atoms with Crippen molar-refractivity contribution < 1.29 is 5.11 Å². The van der Waals surface area contributed by atoms with Gasteiger partial charge < -0.3 is 15.4 Å². The molecular weight excluding hydrogens is 476 g/mol. The summed E-state index contributed by atoms with van der Waals surface area (Å²) in [7, 11) is 0. The van der Waals surface area contributed by atoms with Crippen LogP contribution in [0.15, 0.2) is 29.2 Å². The molecule has 0 bridgehead atoms. The number of aromatic nitrogens is 4. The summed E-state index contributed by atoms with van der Waals surface area (Å²) in [6.07, 6.45) is 9.81. The van der Waals surface area contributed by atoms with Crippen LogP contribution in [0, 0.1) is 13.8 Å². The van der Waals surface area contributed by atoms with E-state index >= 15 is 0 Å². The van der Waals surface area contributed by atoms with Gasteiger partial charge in [0.05, 0.1) is 17.9 Å². The Kier molecular flexibility index (Phi) is 7.09. The molecule has 8 heteroatoms. The summed E-state index contributed by atoms with van der Waals surface area (Å²) in [5.41, 5.74) is 5.56. The zero-order chi connectivity index (χ0) is 27.2. The number of aliphatic hydroxyl groups excluding tert-OH is 1. The first-order chi connectivity index (χ1) is 17.9. The van der Waals surface area contributed by atoms with E-state index in [1.54, 1.807) is 0 Å². The van der Waals surface area contributed by atoms with E-state index in [2.05, 4.69) is 54.1 Å². The predicted molar refractivity (Wildman–Crippen MR) is 152 cm³/mol. The Hall–Kier alpha value is -2.81. The number of H-pyrrole nitrogens is 1. The van der Waals surface area contributed by atoms with Crippen LogP contribution in [0.4, 0.5) is 0 Å². The molecule has 1 unspecified atom stereocenters. The van der Waals surface area contributed by atoms with E-state index < -0.39 is 6.23 Å². The zero-order valence-corrected chi connectivity index (χ0v) is 23.6. The smallest absolute Gasteiger partial charge is 0.252 e. The number of hydrogen-bond acceptors (Lipinski definition) is 6. The highest BCUT2D eigenvalue weighted by Gasteiger charge is 2.34. The van der Waals surface area contributed by atoms with Crippen LogP contribution in [0.2, 0.25) is 0 Å². The highest BCUT2D eigenvalue weighted by atomic mass is 16.3. The van der Waals surface area contributed by atoms with Crippen molar-refractivity contribution in [2.45, 2.75) is 110 Å². The first kappa shape index (κ1) is 26.8. The molecule has 0 radical (unpaired) electrons. The van der Waals surface area contributed by atoms with Crippen LogP contribution in [-0.2, 0) is 6.54 Å². The molecule has 38 heavy (non-hydrogen) atoms. The molecule has 0 spiro atoms. The Labute approximate surface area is 225 Å². The minimum atomic E-state index is -0.980. The second kappa shape index (κ2) is 10.1. The molecule has 2 aliphatic rings. The Bertz CT molecular complexity index is 1420. The van der Waals surface area contributed by atoms with Crippen LogP contribution >= 0.6 is 0 Å². The number of hydrogen-bond donors (Lipinski definition) is 4. The molecule has 1 fully saturated rings. The van der Waals surface area contributed by atoms with E-state index in [4.69, 9.17) is 10.1 Å². The second-order valence-electron chi connectivity index (χ2n) is 12.5. The van der Waals surface area contributed by atoms with Gasteiger partial charge in [0, 0.05) is 39.8 Å². The van der Waals surface area contributed by atoms with Gasteiger partial charge in [-0.2, -0.15) is 5.10 Å². The molecule has 3 aromatic heterocycles. The first-order valence-electron chi connectivity index (χ1n) is 13.9. The van der Waals surface area contributed by atoms with Crippen molar-refractivity contribution in [3.8, 4) is 0 Å². The number of pyridine rings is 2. The summed E-state index contributed by atoms with van der Waals surface area (Å²) in [6, 6.07) is 4.28. The molecule has 4 heterocycles. The van der Waals surface area contributed by atoms with Crippen LogP contribution in [0.1, 0.15) is 107 Å². The number of nitrogens with one attached hydrogen (secondary N) is 3. The first-order valence-corrected chi connectivity index (χ1v) is 13.9. The molecule has 0 amide bonds. The van der Waals surface area contributed by atoms with E-state index in [1.165, 1.54) is 19.3 Å². The average Bonchev–Trinajstić information content (AvgIpc) is 3.25. The Balaban J connectivity index is 1.57. The van der Waals surface area contributed by atoms with Crippen molar-refractivity contribution in [3.63, 3.8) is 0 Å². The summed E-state index contributed by atoms with van der Waals surface area (Å²) in [4.78, 5) is 20.6. The van der Waals surface area contributed by atoms with Crippen molar-refractivity contribution in [3.05, 3.63) is 62.8 Å². The summed E-state index contributed by atoms with van der Waals surface area (Å²) in [5, 5.41) is 24.0. The Morgan fingerprint density at radius 1 is 1.16 bits per heavy atom. The number of aromatic amines is 1. The maximum absolute atomic E-state index is 12.6. The molecular formula is C30H42N6O2. The third kappa shape index (κ3) is 5.48. The normalized spacial score (nSPS) is 20.4. The Morgan fingerprint density at radius 2 is 1.89 bits per heavy atom. The van der Waals surface area contributed by atoms with Gasteiger partial charge in [0.1, 0.15) is 6.23 Å². The molecule has 3 aromatic rings. The molecule has 0 aromatic carbocycles. The number of rotatable bonds is 6.